The molecular weight excluding hydrogens is 344 g/mol. The number of nitrogens with zero attached hydrogens (tertiary/aromatic N) is 1. The van der Waals surface area contributed by atoms with E-state index in [2.05, 4.69) is 53.8 Å². The van der Waals surface area contributed by atoms with E-state index in [1.807, 2.05) is 12.1 Å². The molecule has 0 aliphatic heterocycles. The van der Waals surface area contributed by atoms with Gasteiger partial charge in [-0.2, -0.15) is 0 Å². The van der Waals surface area contributed by atoms with Crippen molar-refractivity contribution < 1.29 is 9.47 Å². The number of benzene rings is 1. The summed E-state index contributed by atoms with van der Waals surface area (Å²) in [7, 11) is 0. The van der Waals surface area contributed by atoms with Crippen LogP contribution in [0.15, 0.2) is 41.0 Å². The van der Waals surface area contributed by atoms with E-state index in [1.54, 1.807) is 12.3 Å². The number of ether oxygens (including phenoxy) is 2. The summed E-state index contributed by atoms with van der Waals surface area (Å²) in [6.45, 7) is 7.41. The molecule has 2 aromatic rings. The van der Waals surface area contributed by atoms with E-state index >= 15 is 0 Å². The van der Waals surface area contributed by atoms with E-state index in [0.717, 1.165) is 10.2 Å². The molecule has 0 saturated carbocycles. The zero-order chi connectivity index (χ0) is 16.2. The molecule has 0 amide bonds. The molecule has 1 aromatic heterocycles. The van der Waals surface area contributed by atoms with Gasteiger partial charge >= 0.3 is 0 Å². The Bertz CT molecular complexity index is 622. The van der Waals surface area contributed by atoms with Gasteiger partial charge in [0.1, 0.15) is 19.0 Å². The molecule has 2 rings (SSSR count). The highest BCUT2D eigenvalue weighted by Crippen LogP contribution is 2.25. The molecule has 118 valence electrons. The molecule has 0 atom stereocenters. The van der Waals surface area contributed by atoms with E-state index < -0.39 is 0 Å². The van der Waals surface area contributed by atoms with Gasteiger partial charge in [-0.15, -0.1) is 0 Å². The van der Waals surface area contributed by atoms with Crippen LogP contribution in [0.4, 0.5) is 5.82 Å². The minimum absolute atomic E-state index is 0.146. The number of hydrogen-bond acceptors (Lipinski definition) is 4. The third-order valence-corrected chi connectivity index (χ3v) is 3.61. The molecule has 2 N–H and O–H groups in total. The Morgan fingerprint density at radius 3 is 2.36 bits per heavy atom. The molecule has 0 unspecified atom stereocenters. The van der Waals surface area contributed by atoms with Crippen molar-refractivity contribution in [2.45, 2.75) is 26.2 Å². The summed E-state index contributed by atoms with van der Waals surface area (Å²) in [6, 6.07) is 9.94. The molecule has 0 fully saturated rings. The second-order valence-electron chi connectivity index (χ2n) is 6.01. The zero-order valence-corrected chi connectivity index (χ0v) is 14.7. The summed E-state index contributed by atoms with van der Waals surface area (Å²) >= 11 is 3.34. The lowest BCUT2D eigenvalue weighted by atomic mass is 9.87. The van der Waals surface area contributed by atoms with Gasteiger partial charge in [0.15, 0.2) is 11.6 Å². The van der Waals surface area contributed by atoms with Crippen molar-refractivity contribution in [3.8, 4) is 11.5 Å². The quantitative estimate of drug-likeness (QED) is 0.808. The maximum absolute atomic E-state index is 5.74. The van der Waals surface area contributed by atoms with Crippen molar-refractivity contribution >= 4 is 21.7 Å². The van der Waals surface area contributed by atoms with Crippen molar-refractivity contribution in [3.63, 3.8) is 0 Å². The summed E-state index contributed by atoms with van der Waals surface area (Å²) < 4.78 is 12.1. The van der Waals surface area contributed by atoms with Crippen molar-refractivity contribution in [2.24, 2.45) is 0 Å². The Hall–Kier alpha value is -1.75. The number of nitrogen functional groups attached to an aromatic ring is 1. The summed E-state index contributed by atoms with van der Waals surface area (Å²) in [5.74, 6) is 1.76. The standard InChI is InChI=1S/C17H21BrN2O2/c1-17(2,3)12-4-6-14(7-5-12)21-8-9-22-15-10-13(18)11-20-16(15)19/h4-7,10-11H,8-9H2,1-3H3,(H2,19,20). The van der Waals surface area contributed by atoms with Crippen LogP contribution < -0.4 is 15.2 Å². The Balaban J connectivity index is 1.83. The normalized spacial score (nSPS) is 11.3. The van der Waals surface area contributed by atoms with Crippen molar-refractivity contribution in [1.29, 1.82) is 0 Å². The van der Waals surface area contributed by atoms with Crippen molar-refractivity contribution in [2.75, 3.05) is 18.9 Å². The van der Waals surface area contributed by atoms with Gasteiger partial charge in [0, 0.05) is 10.7 Å². The lowest BCUT2D eigenvalue weighted by Gasteiger charge is -2.19. The third kappa shape index (κ3) is 4.63. The van der Waals surface area contributed by atoms with Gasteiger partial charge in [0.25, 0.3) is 0 Å². The van der Waals surface area contributed by atoms with E-state index in [4.69, 9.17) is 15.2 Å². The van der Waals surface area contributed by atoms with Gasteiger partial charge in [0.05, 0.1) is 0 Å². The maximum Gasteiger partial charge on any atom is 0.166 e. The highest BCUT2D eigenvalue weighted by molar-refractivity contribution is 9.10. The number of hydrogen-bond donors (Lipinski definition) is 1. The smallest absolute Gasteiger partial charge is 0.166 e. The monoisotopic (exact) mass is 364 g/mol. The Kier molecular flexibility index (Phi) is 5.29. The molecule has 5 heteroatoms. The Morgan fingerprint density at radius 1 is 1.09 bits per heavy atom. The summed E-state index contributed by atoms with van der Waals surface area (Å²) in [4.78, 5) is 4.01. The molecule has 0 aliphatic rings. The Morgan fingerprint density at radius 2 is 1.73 bits per heavy atom. The molecule has 0 saturated heterocycles. The number of rotatable bonds is 5. The molecule has 0 radical (unpaired) electrons. The SMILES string of the molecule is CC(C)(C)c1ccc(OCCOc2cc(Br)cnc2N)cc1. The number of anilines is 1. The van der Waals surface area contributed by atoms with Gasteiger partial charge < -0.3 is 15.2 Å². The number of halogens is 1. The topological polar surface area (TPSA) is 57.4 Å². The summed E-state index contributed by atoms with van der Waals surface area (Å²) in [5, 5.41) is 0. The molecule has 1 heterocycles. The van der Waals surface area contributed by atoms with Crippen LogP contribution in [0.3, 0.4) is 0 Å². The molecular formula is C17H21BrN2O2. The van der Waals surface area contributed by atoms with Crippen LogP contribution in [0, 0.1) is 0 Å². The van der Waals surface area contributed by atoms with Gasteiger partial charge in [-0.25, -0.2) is 4.98 Å². The number of pyridine rings is 1. The zero-order valence-electron chi connectivity index (χ0n) is 13.1. The molecule has 22 heavy (non-hydrogen) atoms. The van der Waals surface area contributed by atoms with Crippen LogP contribution in [-0.2, 0) is 5.41 Å². The molecule has 0 spiro atoms. The fourth-order valence-corrected chi connectivity index (χ4v) is 2.22. The molecule has 1 aromatic carbocycles. The first-order valence-electron chi connectivity index (χ1n) is 7.13. The minimum Gasteiger partial charge on any atom is -0.490 e. The average molecular weight is 365 g/mol. The van der Waals surface area contributed by atoms with Crippen molar-refractivity contribution in [3.05, 3.63) is 46.6 Å². The van der Waals surface area contributed by atoms with Crippen LogP contribution in [0.2, 0.25) is 0 Å². The lowest BCUT2D eigenvalue weighted by Crippen LogP contribution is -2.12. The Labute approximate surface area is 139 Å². The molecule has 4 nitrogen and oxygen atoms in total. The first-order chi connectivity index (χ1) is 10.4. The van der Waals surface area contributed by atoms with E-state index in [9.17, 15) is 0 Å². The summed E-state index contributed by atoms with van der Waals surface area (Å²) in [6.07, 6.45) is 1.63. The average Bonchev–Trinajstić information content (AvgIpc) is 2.46. The van der Waals surface area contributed by atoms with Crippen LogP contribution in [0.25, 0.3) is 0 Å². The largest absolute Gasteiger partial charge is 0.490 e. The highest BCUT2D eigenvalue weighted by Gasteiger charge is 2.12. The predicted molar refractivity (Wildman–Crippen MR) is 92.5 cm³/mol. The van der Waals surface area contributed by atoms with Gasteiger partial charge in [0.2, 0.25) is 0 Å². The summed E-state index contributed by atoms with van der Waals surface area (Å²) in [5.41, 5.74) is 7.17. The van der Waals surface area contributed by atoms with Crippen molar-refractivity contribution in [1.82, 2.24) is 4.98 Å². The fraction of sp³-hybridized carbons (Fsp3) is 0.353. The number of aromatic nitrogens is 1. The van der Waals surface area contributed by atoms with Gasteiger partial charge in [-0.1, -0.05) is 32.9 Å². The van der Waals surface area contributed by atoms with E-state index in [1.165, 1.54) is 5.56 Å². The van der Waals surface area contributed by atoms with E-state index in [-0.39, 0.29) is 5.41 Å². The van der Waals surface area contributed by atoms with Gasteiger partial charge in [-0.3, -0.25) is 0 Å². The van der Waals surface area contributed by atoms with Crippen LogP contribution in [-0.4, -0.2) is 18.2 Å². The predicted octanol–water partition coefficient (Wildman–Crippen LogP) is 4.18. The van der Waals surface area contributed by atoms with Crippen LogP contribution in [0.1, 0.15) is 26.3 Å². The highest BCUT2D eigenvalue weighted by atomic mass is 79.9. The maximum atomic E-state index is 5.74. The van der Waals surface area contributed by atoms with Crippen LogP contribution >= 0.6 is 15.9 Å². The second kappa shape index (κ2) is 7.01. The minimum atomic E-state index is 0.146. The van der Waals surface area contributed by atoms with E-state index in [0.29, 0.717) is 24.8 Å². The van der Waals surface area contributed by atoms with Crippen LogP contribution in [0.5, 0.6) is 11.5 Å². The second-order valence-corrected chi connectivity index (χ2v) is 6.92. The first-order valence-corrected chi connectivity index (χ1v) is 7.93. The fourth-order valence-electron chi connectivity index (χ4n) is 1.91. The molecule has 0 bridgehead atoms. The third-order valence-electron chi connectivity index (χ3n) is 3.18. The number of nitrogens with two attached hydrogens (primary N) is 1. The lowest BCUT2D eigenvalue weighted by molar-refractivity contribution is 0.217. The van der Waals surface area contributed by atoms with Gasteiger partial charge in [-0.05, 0) is 45.1 Å². The first kappa shape index (κ1) is 16.6. The molecule has 0 aliphatic carbocycles.